The topological polar surface area (TPSA) is 37.3 Å². The van der Waals surface area contributed by atoms with E-state index in [-0.39, 0.29) is 17.8 Å². The molecule has 0 saturated heterocycles. The summed E-state index contributed by atoms with van der Waals surface area (Å²) in [6.07, 6.45) is 7.52. The lowest BCUT2D eigenvalue weighted by Crippen LogP contribution is -2.37. The third-order valence-corrected chi connectivity index (χ3v) is 7.95. The number of fused-ring (bicyclic) bond motifs is 5. The van der Waals surface area contributed by atoms with E-state index >= 15 is 0 Å². The van der Waals surface area contributed by atoms with E-state index in [0.717, 1.165) is 25.0 Å². The van der Waals surface area contributed by atoms with Crippen molar-refractivity contribution in [3.8, 4) is 5.00 Å². The molecule has 3 aromatic rings. The van der Waals surface area contributed by atoms with E-state index in [0.29, 0.717) is 11.0 Å². The normalized spacial score (nSPS) is 17.7. The average molecular weight is 488 g/mol. The van der Waals surface area contributed by atoms with Crippen LogP contribution in [0.1, 0.15) is 53.9 Å². The zero-order valence-corrected chi connectivity index (χ0v) is 19.2. The first-order valence-electron chi connectivity index (χ1n) is 10.4. The second-order valence-electron chi connectivity index (χ2n) is 7.90. The number of rotatable bonds is 2. The first-order valence-corrected chi connectivity index (χ1v) is 12.0. The van der Waals surface area contributed by atoms with E-state index in [2.05, 4.69) is 51.1 Å². The van der Waals surface area contributed by atoms with Crippen molar-refractivity contribution >= 4 is 39.0 Å². The second-order valence-corrected chi connectivity index (χ2v) is 9.90. The highest BCUT2D eigenvalue weighted by Crippen LogP contribution is 2.43. The van der Waals surface area contributed by atoms with Crippen LogP contribution in [0.5, 0.6) is 0 Å². The van der Waals surface area contributed by atoms with Crippen LogP contribution in [-0.2, 0) is 19.4 Å². The van der Waals surface area contributed by atoms with Gasteiger partial charge in [0.2, 0.25) is 0 Å². The number of urea groups is 1. The van der Waals surface area contributed by atoms with Gasteiger partial charge >= 0.3 is 6.03 Å². The average Bonchev–Trinajstić information content (AvgIpc) is 3.32. The van der Waals surface area contributed by atoms with Crippen molar-refractivity contribution in [2.75, 3.05) is 5.32 Å². The summed E-state index contributed by atoms with van der Waals surface area (Å²) in [6, 6.07) is 8.51. The highest BCUT2D eigenvalue weighted by molar-refractivity contribution is 9.10. The number of thiophene rings is 1. The molecule has 0 bridgehead atoms. The largest absolute Gasteiger partial charge is 0.322 e. The van der Waals surface area contributed by atoms with Crippen LogP contribution in [0.4, 0.5) is 14.9 Å². The Kier molecular flexibility index (Phi) is 5.19. The van der Waals surface area contributed by atoms with Gasteiger partial charge in [0.25, 0.3) is 0 Å². The number of hydrogen-bond donors (Lipinski definition) is 1. The number of nitrogens with one attached hydrogen (secondary N) is 1. The number of anilines is 1. The molecule has 0 radical (unpaired) electrons. The zero-order chi connectivity index (χ0) is 20.8. The van der Waals surface area contributed by atoms with Gasteiger partial charge in [-0.05, 0) is 68.0 Å². The molecular weight excluding hydrogens is 465 g/mol. The maximum absolute atomic E-state index is 14.4. The zero-order valence-electron chi connectivity index (χ0n) is 16.8. The summed E-state index contributed by atoms with van der Waals surface area (Å²) in [5, 5.41) is 4.05. The Morgan fingerprint density at radius 1 is 1.27 bits per heavy atom. The summed E-state index contributed by atoms with van der Waals surface area (Å²) in [6.45, 7) is 2.64. The number of amides is 2. The van der Waals surface area contributed by atoms with E-state index in [1.54, 1.807) is 12.1 Å². The summed E-state index contributed by atoms with van der Waals surface area (Å²) < 4.78 is 17.3. The standard InChI is InChI=1S/C23H23BrFN3OS/c1-2-19-20-7-5-11-27(20)22-16(15-6-3-4-8-21(15)30-22)13-28(19)23(29)26-18-10-9-14(24)12-17(18)25/h5,7,9-12,19H,2-4,6,8,13H2,1H3,(H,26,29)/t19-/m0/s1. The summed E-state index contributed by atoms with van der Waals surface area (Å²) in [7, 11) is 0. The van der Waals surface area contributed by atoms with Crippen molar-refractivity contribution in [2.24, 2.45) is 0 Å². The molecule has 7 heteroatoms. The van der Waals surface area contributed by atoms with E-state index in [1.807, 2.05) is 16.2 Å². The van der Waals surface area contributed by atoms with E-state index < -0.39 is 5.82 Å². The Labute approximate surface area is 187 Å². The molecule has 2 aliphatic rings. The van der Waals surface area contributed by atoms with Gasteiger partial charge < -0.3 is 14.8 Å². The summed E-state index contributed by atoms with van der Waals surface area (Å²) >= 11 is 5.14. The molecule has 1 aliphatic carbocycles. The van der Waals surface area contributed by atoms with Crippen LogP contribution in [0, 0.1) is 5.82 Å². The number of carbonyl (C=O) groups is 1. The lowest BCUT2D eigenvalue weighted by atomic mass is 9.95. The quantitative estimate of drug-likeness (QED) is 0.423. The van der Waals surface area contributed by atoms with Crippen molar-refractivity contribution in [1.82, 2.24) is 9.47 Å². The number of benzene rings is 1. The molecule has 3 heterocycles. The fourth-order valence-electron chi connectivity index (χ4n) is 4.69. The maximum atomic E-state index is 14.4. The van der Waals surface area contributed by atoms with Gasteiger partial charge in [-0.15, -0.1) is 11.3 Å². The van der Waals surface area contributed by atoms with Crippen LogP contribution in [0.2, 0.25) is 0 Å². The van der Waals surface area contributed by atoms with Gasteiger partial charge in [-0.2, -0.15) is 0 Å². The molecule has 5 rings (SSSR count). The summed E-state index contributed by atoms with van der Waals surface area (Å²) in [5.41, 5.74) is 3.99. The maximum Gasteiger partial charge on any atom is 0.322 e. The highest BCUT2D eigenvalue weighted by Gasteiger charge is 2.34. The Morgan fingerprint density at radius 2 is 2.10 bits per heavy atom. The van der Waals surface area contributed by atoms with Gasteiger partial charge in [-0.1, -0.05) is 22.9 Å². The van der Waals surface area contributed by atoms with Crippen molar-refractivity contribution in [2.45, 2.75) is 51.6 Å². The molecular formula is C23H23BrFN3OS. The molecule has 0 unspecified atom stereocenters. The van der Waals surface area contributed by atoms with E-state index in [1.165, 1.54) is 39.9 Å². The number of hydrogen-bond acceptors (Lipinski definition) is 2. The van der Waals surface area contributed by atoms with Gasteiger partial charge in [0.1, 0.15) is 10.8 Å². The summed E-state index contributed by atoms with van der Waals surface area (Å²) in [4.78, 5) is 16.7. The van der Waals surface area contributed by atoms with E-state index in [4.69, 9.17) is 0 Å². The minimum Gasteiger partial charge on any atom is -0.312 e. The van der Waals surface area contributed by atoms with Gasteiger partial charge in [-0.25, -0.2) is 9.18 Å². The molecule has 0 fully saturated rings. The first kappa shape index (κ1) is 19.8. The van der Waals surface area contributed by atoms with Crippen molar-refractivity contribution in [3.05, 3.63) is 68.5 Å². The molecule has 1 aliphatic heterocycles. The van der Waals surface area contributed by atoms with Crippen LogP contribution >= 0.6 is 27.3 Å². The Bertz CT molecular complexity index is 1120. The molecule has 0 spiro atoms. The molecule has 0 saturated carbocycles. The van der Waals surface area contributed by atoms with Gasteiger partial charge in [0.15, 0.2) is 0 Å². The predicted molar refractivity (Wildman–Crippen MR) is 122 cm³/mol. The van der Waals surface area contributed by atoms with Crippen molar-refractivity contribution in [3.63, 3.8) is 0 Å². The van der Waals surface area contributed by atoms with Gasteiger partial charge in [0.05, 0.1) is 18.3 Å². The lowest BCUT2D eigenvalue weighted by molar-refractivity contribution is 0.181. The second kappa shape index (κ2) is 7.85. The molecule has 156 valence electrons. The number of aryl methyl sites for hydroxylation is 1. The van der Waals surface area contributed by atoms with E-state index in [9.17, 15) is 9.18 Å². The van der Waals surface area contributed by atoms with Crippen LogP contribution in [0.3, 0.4) is 0 Å². The first-order chi connectivity index (χ1) is 14.6. The predicted octanol–water partition coefficient (Wildman–Crippen LogP) is 6.82. The molecule has 1 atom stereocenters. The molecule has 30 heavy (non-hydrogen) atoms. The van der Waals surface area contributed by atoms with Crippen LogP contribution in [-0.4, -0.2) is 15.5 Å². The fourth-order valence-corrected chi connectivity index (χ4v) is 6.42. The third kappa shape index (κ3) is 3.28. The highest BCUT2D eigenvalue weighted by atomic mass is 79.9. The minimum absolute atomic E-state index is 0.0719. The lowest BCUT2D eigenvalue weighted by Gasteiger charge is -2.30. The van der Waals surface area contributed by atoms with Gasteiger partial charge in [0, 0.05) is 26.8 Å². The van der Waals surface area contributed by atoms with Gasteiger partial charge in [-0.3, -0.25) is 0 Å². The van der Waals surface area contributed by atoms with Crippen molar-refractivity contribution in [1.29, 1.82) is 0 Å². The molecule has 1 N–H and O–H groups in total. The molecule has 4 nitrogen and oxygen atoms in total. The number of halogens is 2. The smallest absolute Gasteiger partial charge is 0.312 e. The summed E-state index contributed by atoms with van der Waals surface area (Å²) in [5.74, 6) is -0.447. The van der Waals surface area contributed by atoms with Crippen LogP contribution in [0.15, 0.2) is 41.0 Å². The molecule has 1 aromatic carbocycles. The minimum atomic E-state index is -0.447. The van der Waals surface area contributed by atoms with Crippen molar-refractivity contribution < 1.29 is 9.18 Å². The Hall–Kier alpha value is -2.12. The Morgan fingerprint density at radius 3 is 2.90 bits per heavy atom. The van der Waals surface area contributed by atoms with Crippen LogP contribution < -0.4 is 5.32 Å². The number of carbonyl (C=O) groups excluding carboxylic acids is 1. The molecule has 2 aromatic heterocycles. The van der Waals surface area contributed by atoms with Crippen LogP contribution in [0.25, 0.3) is 5.00 Å². The fraction of sp³-hybridized carbons (Fsp3) is 0.348. The number of nitrogens with zero attached hydrogens (tertiary/aromatic N) is 2. The third-order valence-electron chi connectivity index (χ3n) is 6.12. The SMILES string of the molecule is CC[C@H]1c2cccn2-c2sc3c(c2CN1C(=O)Nc1ccc(Br)cc1F)CCCC3. The number of aromatic nitrogens is 1. The Balaban J connectivity index is 1.56. The monoisotopic (exact) mass is 487 g/mol. The molecule has 2 amide bonds.